The molecule has 0 aliphatic heterocycles. The molecule has 2 amide bonds. The summed E-state index contributed by atoms with van der Waals surface area (Å²) in [6.07, 6.45) is 0. The van der Waals surface area contributed by atoms with Crippen LogP contribution in [0.15, 0.2) is 0 Å². The maximum atomic E-state index is 11.7. The van der Waals surface area contributed by atoms with Crippen molar-refractivity contribution in [1.29, 1.82) is 0 Å². The van der Waals surface area contributed by atoms with Gasteiger partial charge in [-0.1, -0.05) is 0 Å². The molecule has 1 rings (SSSR count). The molecule has 0 unspecified atom stereocenters. The monoisotopic (exact) mass is 239 g/mol. The van der Waals surface area contributed by atoms with Gasteiger partial charge in [-0.15, -0.1) is 0 Å². The van der Waals surface area contributed by atoms with Crippen LogP contribution in [0.3, 0.4) is 0 Å². The third-order valence-corrected chi connectivity index (χ3v) is 2.36. The largest absolute Gasteiger partial charge is 0.337 e. The number of rotatable bonds is 4. The Bertz CT molecular complexity index is 415. The summed E-state index contributed by atoms with van der Waals surface area (Å²) in [4.78, 5) is 29.7. The second-order valence-electron chi connectivity index (χ2n) is 3.96. The molecule has 0 aromatic carbocycles. The van der Waals surface area contributed by atoms with E-state index < -0.39 is 0 Å². The van der Waals surface area contributed by atoms with E-state index in [-0.39, 0.29) is 18.4 Å². The molecule has 0 radical (unpaired) electrons. The first-order chi connectivity index (χ1) is 7.90. The maximum Gasteiger partial charge on any atom is 0.242 e. The molecule has 0 atom stereocenters. The van der Waals surface area contributed by atoms with Gasteiger partial charge in [-0.3, -0.25) is 14.7 Å². The molecular weight excluding hydrogens is 222 g/mol. The molecule has 0 spiro atoms. The molecule has 0 fully saturated rings. The van der Waals surface area contributed by atoms with Gasteiger partial charge in [0.2, 0.25) is 11.8 Å². The topological polar surface area (TPSA) is 82.2 Å². The van der Waals surface area contributed by atoms with Crippen LogP contribution in [0.25, 0.3) is 0 Å². The first-order valence-corrected chi connectivity index (χ1v) is 5.23. The summed E-state index contributed by atoms with van der Waals surface area (Å²) in [5.74, 6) is 0.983. The number of carbonyl (C=O) groups is 2. The number of H-pyrrole nitrogens is 1. The highest BCUT2D eigenvalue weighted by molar-refractivity contribution is 5.83. The summed E-state index contributed by atoms with van der Waals surface area (Å²) in [6.45, 7) is 3.61. The van der Waals surface area contributed by atoms with E-state index in [1.165, 1.54) is 16.7 Å². The number of aromatic amines is 1. The summed E-state index contributed by atoms with van der Waals surface area (Å²) in [5.41, 5.74) is 0. The molecule has 0 saturated carbocycles. The van der Waals surface area contributed by atoms with E-state index in [0.717, 1.165) is 0 Å². The lowest BCUT2D eigenvalue weighted by Crippen LogP contribution is -2.38. The highest BCUT2D eigenvalue weighted by Crippen LogP contribution is 1.98. The molecule has 7 nitrogen and oxygen atoms in total. The third-order valence-electron chi connectivity index (χ3n) is 2.36. The Morgan fingerprint density at radius 3 is 2.41 bits per heavy atom. The van der Waals surface area contributed by atoms with Crippen molar-refractivity contribution in [1.82, 2.24) is 25.0 Å². The fourth-order valence-electron chi connectivity index (χ4n) is 1.19. The highest BCUT2D eigenvalue weighted by Gasteiger charge is 2.14. The lowest BCUT2D eigenvalue weighted by atomic mass is 10.4. The van der Waals surface area contributed by atoms with Crippen LogP contribution in [0.4, 0.5) is 0 Å². The molecule has 1 heterocycles. The van der Waals surface area contributed by atoms with Gasteiger partial charge in [0.15, 0.2) is 5.82 Å². The zero-order valence-electron chi connectivity index (χ0n) is 10.5. The zero-order chi connectivity index (χ0) is 13.0. The van der Waals surface area contributed by atoms with Crippen molar-refractivity contribution < 1.29 is 9.59 Å². The van der Waals surface area contributed by atoms with Crippen LogP contribution in [-0.2, 0) is 16.1 Å². The maximum absolute atomic E-state index is 11.7. The van der Waals surface area contributed by atoms with Crippen molar-refractivity contribution in [3.63, 3.8) is 0 Å². The van der Waals surface area contributed by atoms with Gasteiger partial charge in [-0.2, -0.15) is 5.10 Å². The van der Waals surface area contributed by atoms with Gasteiger partial charge in [-0.05, 0) is 6.92 Å². The van der Waals surface area contributed by atoms with Crippen molar-refractivity contribution in [2.75, 3.05) is 20.6 Å². The van der Waals surface area contributed by atoms with Crippen LogP contribution in [0, 0.1) is 6.92 Å². The summed E-state index contributed by atoms with van der Waals surface area (Å²) in [7, 11) is 3.24. The Balaban J connectivity index is 2.50. The molecule has 1 aromatic heterocycles. The van der Waals surface area contributed by atoms with Crippen molar-refractivity contribution in [3.05, 3.63) is 11.6 Å². The number of nitrogens with one attached hydrogen (secondary N) is 1. The van der Waals surface area contributed by atoms with E-state index >= 15 is 0 Å². The number of likely N-dealkylation sites (N-methyl/N-ethyl adjacent to an activating group) is 2. The van der Waals surface area contributed by atoms with Crippen molar-refractivity contribution in [2.24, 2.45) is 0 Å². The predicted octanol–water partition coefficient (Wildman–Crippen LogP) is -0.450. The normalized spacial score (nSPS) is 10.1. The Morgan fingerprint density at radius 1 is 1.29 bits per heavy atom. The zero-order valence-corrected chi connectivity index (χ0v) is 10.5. The summed E-state index contributed by atoms with van der Waals surface area (Å²) in [6, 6.07) is 0. The predicted molar refractivity (Wildman–Crippen MR) is 60.9 cm³/mol. The van der Waals surface area contributed by atoms with E-state index in [1.54, 1.807) is 21.0 Å². The smallest absolute Gasteiger partial charge is 0.242 e. The van der Waals surface area contributed by atoms with E-state index in [0.29, 0.717) is 18.2 Å². The van der Waals surface area contributed by atoms with Crippen LogP contribution < -0.4 is 0 Å². The summed E-state index contributed by atoms with van der Waals surface area (Å²) in [5, 5.41) is 6.65. The van der Waals surface area contributed by atoms with Crippen molar-refractivity contribution in [2.45, 2.75) is 20.4 Å². The van der Waals surface area contributed by atoms with Crippen LogP contribution in [0.1, 0.15) is 18.6 Å². The molecule has 0 aliphatic rings. The summed E-state index contributed by atoms with van der Waals surface area (Å²) >= 11 is 0. The lowest BCUT2D eigenvalue weighted by molar-refractivity contribution is -0.137. The molecule has 17 heavy (non-hydrogen) atoms. The van der Waals surface area contributed by atoms with Crippen LogP contribution in [-0.4, -0.2) is 57.4 Å². The molecule has 94 valence electrons. The van der Waals surface area contributed by atoms with Crippen molar-refractivity contribution in [3.8, 4) is 0 Å². The number of carbonyl (C=O) groups excluding carboxylic acids is 2. The van der Waals surface area contributed by atoms with Gasteiger partial charge in [0.05, 0.1) is 13.1 Å². The van der Waals surface area contributed by atoms with Crippen molar-refractivity contribution >= 4 is 11.8 Å². The SMILES string of the molecule is CC(=O)N(C)CC(=O)N(C)Cc1n[nH]c(C)n1. The Morgan fingerprint density at radius 2 is 1.94 bits per heavy atom. The van der Waals surface area contributed by atoms with E-state index in [4.69, 9.17) is 0 Å². The Labute approximate surface area is 99.8 Å². The van der Waals surface area contributed by atoms with Gasteiger partial charge in [0, 0.05) is 21.0 Å². The number of amides is 2. The quantitative estimate of drug-likeness (QED) is 0.771. The Hall–Kier alpha value is -1.92. The molecule has 7 heteroatoms. The van der Waals surface area contributed by atoms with Crippen LogP contribution in [0.2, 0.25) is 0 Å². The Kier molecular flexibility index (Phi) is 4.19. The fraction of sp³-hybridized carbons (Fsp3) is 0.600. The highest BCUT2D eigenvalue weighted by atomic mass is 16.2. The van der Waals surface area contributed by atoms with Crippen LogP contribution >= 0.6 is 0 Å². The average Bonchev–Trinajstić information content (AvgIpc) is 2.63. The minimum absolute atomic E-state index is 0.0647. The molecule has 0 saturated heterocycles. The van der Waals surface area contributed by atoms with E-state index in [9.17, 15) is 9.59 Å². The number of aromatic nitrogens is 3. The molecule has 1 aromatic rings. The minimum atomic E-state index is -0.148. The first-order valence-electron chi connectivity index (χ1n) is 5.23. The average molecular weight is 239 g/mol. The lowest BCUT2D eigenvalue weighted by Gasteiger charge is -2.19. The van der Waals surface area contributed by atoms with Gasteiger partial charge < -0.3 is 9.80 Å². The minimum Gasteiger partial charge on any atom is -0.337 e. The van der Waals surface area contributed by atoms with Gasteiger partial charge in [0.1, 0.15) is 5.82 Å². The number of nitrogens with zero attached hydrogens (tertiary/aromatic N) is 4. The van der Waals surface area contributed by atoms with Gasteiger partial charge in [-0.25, -0.2) is 4.98 Å². The second kappa shape index (κ2) is 5.42. The summed E-state index contributed by atoms with van der Waals surface area (Å²) < 4.78 is 0. The number of aryl methyl sites for hydroxylation is 1. The number of hydrogen-bond donors (Lipinski definition) is 1. The first kappa shape index (κ1) is 13.1. The number of hydrogen-bond acceptors (Lipinski definition) is 4. The molecular formula is C10H17N5O2. The third kappa shape index (κ3) is 3.86. The molecule has 0 aliphatic carbocycles. The molecule has 1 N–H and O–H groups in total. The van der Waals surface area contributed by atoms with Crippen LogP contribution in [0.5, 0.6) is 0 Å². The van der Waals surface area contributed by atoms with E-state index in [2.05, 4.69) is 15.2 Å². The second-order valence-corrected chi connectivity index (χ2v) is 3.96. The van der Waals surface area contributed by atoms with Gasteiger partial charge in [0.25, 0.3) is 0 Å². The van der Waals surface area contributed by atoms with E-state index in [1.807, 2.05) is 0 Å². The standard InChI is InChI=1S/C10H17N5O2/c1-7-11-9(13-12-7)5-15(4)10(17)6-14(3)8(2)16/h5-6H2,1-4H3,(H,11,12,13). The molecule has 0 bridgehead atoms. The fourth-order valence-corrected chi connectivity index (χ4v) is 1.19. The van der Waals surface area contributed by atoms with Gasteiger partial charge >= 0.3 is 0 Å².